The zero-order valence-electron chi connectivity index (χ0n) is 14.1. The van der Waals surface area contributed by atoms with Crippen LogP contribution in [0, 0.1) is 0 Å². The van der Waals surface area contributed by atoms with E-state index in [2.05, 4.69) is 0 Å². The Morgan fingerprint density at radius 2 is 1.25 bits per heavy atom. The van der Waals surface area contributed by atoms with Crippen LogP contribution < -0.4 is 0 Å². The first kappa shape index (κ1) is 26.0. The van der Waals surface area contributed by atoms with Crippen LogP contribution >= 0.6 is 7.82 Å². The summed E-state index contributed by atoms with van der Waals surface area (Å²) in [7, 11) is -4.64. The molecule has 24 heavy (non-hydrogen) atoms. The molecule has 0 aliphatic rings. The zero-order valence-corrected chi connectivity index (χ0v) is 17.2. The van der Waals surface area contributed by atoms with Gasteiger partial charge < -0.3 is 14.7 Å². The van der Waals surface area contributed by atoms with E-state index in [1.165, 1.54) is 17.2 Å². The zero-order chi connectivity index (χ0) is 18.8. The van der Waals surface area contributed by atoms with E-state index in [1.807, 2.05) is 0 Å². The fraction of sp³-hybridized carbons (Fsp3) is 0.571. The summed E-state index contributed by atoms with van der Waals surface area (Å²) in [5, 5.41) is 0. The summed E-state index contributed by atoms with van der Waals surface area (Å²) in [6.07, 6.45) is 8.13. The van der Waals surface area contributed by atoms with Gasteiger partial charge in [-0.2, -0.15) is 0 Å². The maximum Gasteiger partial charge on any atom is 0.466 e. The number of ether oxygens (including phenoxy) is 2. The van der Waals surface area contributed by atoms with Crippen LogP contribution in [0.3, 0.4) is 0 Å². The number of hydrogen-bond donors (Lipinski definition) is 3. The third kappa shape index (κ3) is 29.8. The summed E-state index contributed by atoms with van der Waals surface area (Å²) in [6.45, 7) is 4.62. The summed E-state index contributed by atoms with van der Waals surface area (Å²) in [4.78, 5) is 43.5. The van der Waals surface area contributed by atoms with Gasteiger partial charge in [-0.05, 0) is 0 Å². The molecule has 10 heteroatoms. The summed E-state index contributed by atoms with van der Waals surface area (Å²) in [5.74, 6) is -0.517. The SMILES string of the molecule is CC=CC(=O)OCC[CH2][Ca][CH2]CCOC(=O)C=CC.O=P(O)(O)O. The standard InChI is InChI=1S/2C7H11O2.Ca.H3O4P/c2*1-3-5-7(8)9-6-4-2;;1-5(2,3)4/h2*3,5H,2,4,6H2,1H3;;(H3,1,2,3,4). The molecule has 0 aromatic heterocycles. The summed E-state index contributed by atoms with van der Waals surface area (Å²) in [6, 6.07) is 0. The van der Waals surface area contributed by atoms with Gasteiger partial charge in [-0.1, -0.05) is 0 Å². The molecule has 3 N–H and O–H groups in total. The fourth-order valence-electron chi connectivity index (χ4n) is 1.45. The van der Waals surface area contributed by atoms with Crippen molar-refractivity contribution in [3.8, 4) is 0 Å². The molecule has 0 saturated heterocycles. The minimum atomic E-state index is -4.64. The number of esters is 2. The van der Waals surface area contributed by atoms with Gasteiger partial charge in [-0.25, -0.2) is 4.57 Å². The molecule has 0 aliphatic carbocycles. The van der Waals surface area contributed by atoms with E-state index < -0.39 is 41.7 Å². The third-order valence-electron chi connectivity index (χ3n) is 2.38. The molecule has 0 rings (SSSR count). The van der Waals surface area contributed by atoms with Crippen molar-refractivity contribution in [2.45, 2.75) is 31.7 Å². The predicted octanol–water partition coefficient (Wildman–Crippen LogP) is 1.62. The topological polar surface area (TPSA) is 130 Å². The Labute approximate surface area is 160 Å². The normalized spacial score (nSPS) is 10.9. The van der Waals surface area contributed by atoms with E-state index in [0.29, 0.717) is 13.2 Å². The van der Waals surface area contributed by atoms with E-state index in [1.54, 1.807) is 26.0 Å². The molecule has 0 radical (unpaired) electrons. The summed E-state index contributed by atoms with van der Waals surface area (Å²) >= 11 is -0.532. The Kier molecular flexibility index (Phi) is 19.1. The van der Waals surface area contributed by atoms with E-state index >= 15 is 0 Å². The Morgan fingerprint density at radius 1 is 0.917 bits per heavy atom. The van der Waals surface area contributed by atoms with Crippen LogP contribution in [-0.2, 0) is 23.6 Å². The van der Waals surface area contributed by atoms with Gasteiger partial charge >= 0.3 is 142 Å². The first-order valence-corrected chi connectivity index (χ1v) is 12.3. The molecule has 0 amide bonds. The summed E-state index contributed by atoms with van der Waals surface area (Å²) in [5.41, 5.74) is 0. The minimum absolute atomic E-state index is 0.258. The first-order valence-electron chi connectivity index (χ1n) is 7.58. The molecule has 0 heterocycles. The number of carbonyl (C=O) groups excluding carboxylic acids is 2. The van der Waals surface area contributed by atoms with Crippen molar-refractivity contribution in [1.29, 1.82) is 0 Å². The monoisotopic (exact) mass is 392 g/mol. The van der Waals surface area contributed by atoms with Crippen LogP contribution in [0.5, 0.6) is 0 Å². The van der Waals surface area contributed by atoms with Crippen LogP contribution in [-0.4, -0.2) is 73.7 Å². The van der Waals surface area contributed by atoms with Crippen molar-refractivity contribution in [3.63, 3.8) is 0 Å². The molecular weight excluding hydrogens is 367 g/mol. The summed E-state index contributed by atoms with van der Waals surface area (Å²) < 4.78 is 21.3. The van der Waals surface area contributed by atoms with Crippen LogP contribution in [0.1, 0.15) is 26.7 Å². The first-order chi connectivity index (χ1) is 11.2. The molecule has 0 bridgehead atoms. The van der Waals surface area contributed by atoms with E-state index in [-0.39, 0.29) is 11.9 Å². The van der Waals surface area contributed by atoms with Gasteiger partial charge in [0.25, 0.3) is 0 Å². The molecule has 0 atom stereocenters. The van der Waals surface area contributed by atoms with Gasteiger partial charge in [0.1, 0.15) is 0 Å². The maximum absolute atomic E-state index is 11.0. The molecular formula is C14H25CaO8P. The van der Waals surface area contributed by atoms with E-state index in [4.69, 9.17) is 28.7 Å². The molecule has 0 saturated carbocycles. The largest absolute Gasteiger partial charge is 0.466 e. The number of carbonyl (C=O) groups is 2. The number of rotatable bonds is 10. The number of hydrogen-bond acceptors (Lipinski definition) is 5. The van der Waals surface area contributed by atoms with Crippen molar-refractivity contribution in [1.82, 2.24) is 0 Å². The van der Waals surface area contributed by atoms with E-state index in [9.17, 15) is 9.59 Å². The van der Waals surface area contributed by atoms with Crippen molar-refractivity contribution < 1.29 is 38.3 Å². The van der Waals surface area contributed by atoms with Crippen LogP contribution in [0.15, 0.2) is 24.3 Å². The second kappa shape index (κ2) is 17.6. The second-order valence-electron chi connectivity index (χ2n) is 4.62. The van der Waals surface area contributed by atoms with Crippen molar-refractivity contribution in [2.75, 3.05) is 13.2 Å². The predicted molar refractivity (Wildman–Crippen MR) is 90.4 cm³/mol. The van der Waals surface area contributed by atoms with Gasteiger partial charge in [0.2, 0.25) is 0 Å². The number of phosphoric acid groups is 1. The van der Waals surface area contributed by atoms with Gasteiger partial charge in [0, 0.05) is 0 Å². The molecule has 136 valence electrons. The quantitative estimate of drug-likeness (QED) is 0.168. The average molecular weight is 392 g/mol. The third-order valence-corrected chi connectivity index (χ3v) is 5.51. The van der Waals surface area contributed by atoms with Crippen LogP contribution in [0.2, 0.25) is 5.04 Å². The minimum Gasteiger partial charge on any atom is -0.303 e. The van der Waals surface area contributed by atoms with Crippen LogP contribution in [0.4, 0.5) is 0 Å². The molecule has 0 aromatic carbocycles. The van der Waals surface area contributed by atoms with Gasteiger partial charge in [0.05, 0.1) is 0 Å². The Hall–Kier alpha value is -0.210. The second-order valence-corrected chi connectivity index (χ2v) is 8.96. The molecule has 0 fully saturated rings. The van der Waals surface area contributed by atoms with E-state index in [0.717, 1.165) is 12.8 Å². The van der Waals surface area contributed by atoms with Gasteiger partial charge in [-0.3, -0.25) is 0 Å². The maximum atomic E-state index is 11.0. The molecule has 0 unspecified atom stereocenters. The Bertz CT molecular complexity index is 406. The molecule has 0 spiro atoms. The van der Waals surface area contributed by atoms with Gasteiger partial charge in [0.15, 0.2) is 0 Å². The molecule has 8 nitrogen and oxygen atoms in total. The van der Waals surface area contributed by atoms with Crippen molar-refractivity contribution >= 4 is 53.6 Å². The number of allylic oxidation sites excluding steroid dienone is 2. The fourth-order valence-corrected chi connectivity index (χ4v) is 3.74. The smallest absolute Gasteiger partial charge is 0.303 e. The van der Waals surface area contributed by atoms with Gasteiger partial charge in [-0.15, -0.1) is 0 Å². The van der Waals surface area contributed by atoms with Crippen LogP contribution in [0.25, 0.3) is 0 Å². The Balaban J connectivity index is 0. The van der Waals surface area contributed by atoms with Crippen molar-refractivity contribution in [3.05, 3.63) is 24.3 Å². The average Bonchev–Trinajstić information content (AvgIpc) is 2.44. The molecule has 0 aromatic rings. The Morgan fingerprint density at radius 3 is 1.54 bits per heavy atom. The van der Waals surface area contributed by atoms with Crippen molar-refractivity contribution in [2.24, 2.45) is 0 Å². The molecule has 0 aliphatic heterocycles.